The van der Waals surface area contributed by atoms with Crippen molar-refractivity contribution in [2.24, 2.45) is 5.73 Å². The van der Waals surface area contributed by atoms with Gasteiger partial charge in [0, 0.05) is 24.3 Å². The molecule has 0 unspecified atom stereocenters. The van der Waals surface area contributed by atoms with E-state index >= 15 is 0 Å². The Morgan fingerprint density at radius 3 is 2.48 bits per heavy atom. The number of hydrogen-bond acceptors (Lipinski definition) is 4. The maximum Gasteiger partial charge on any atom is 0.348 e. The zero-order valence-corrected chi connectivity index (χ0v) is 12.2. The standard InChI is InChI=1S/C13H20N4O4/c1-3-9-8(7-11(18)19)10(4-2)17(13(21)16-9)6-5-15-12(14)20/h3-7H2,1-2H3,(H,18,19)(H3,14,15,20). The molecule has 1 aromatic rings. The number of nitrogens with zero attached hydrogens (tertiary/aromatic N) is 2. The van der Waals surface area contributed by atoms with Gasteiger partial charge in [0.1, 0.15) is 0 Å². The number of rotatable bonds is 7. The highest BCUT2D eigenvalue weighted by Crippen LogP contribution is 2.13. The van der Waals surface area contributed by atoms with E-state index in [0.29, 0.717) is 29.8 Å². The van der Waals surface area contributed by atoms with Crippen LogP contribution in [0.2, 0.25) is 0 Å². The van der Waals surface area contributed by atoms with Crippen molar-refractivity contribution in [1.29, 1.82) is 0 Å². The van der Waals surface area contributed by atoms with Gasteiger partial charge in [0.25, 0.3) is 0 Å². The Bertz CT molecular complexity index is 595. The summed E-state index contributed by atoms with van der Waals surface area (Å²) in [5.41, 5.74) is 6.26. The molecule has 0 aliphatic rings. The van der Waals surface area contributed by atoms with Crippen LogP contribution in [0.3, 0.4) is 0 Å². The zero-order chi connectivity index (χ0) is 16.0. The quantitative estimate of drug-likeness (QED) is 0.634. The van der Waals surface area contributed by atoms with Gasteiger partial charge in [0.15, 0.2) is 0 Å². The monoisotopic (exact) mass is 296 g/mol. The molecule has 8 heteroatoms. The lowest BCUT2D eigenvalue weighted by atomic mass is 10.0. The molecule has 1 rings (SSSR count). The fourth-order valence-electron chi connectivity index (χ4n) is 2.26. The number of aromatic nitrogens is 2. The largest absolute Gasteiger partial charge is 0.481 e. The van der Waals surface area contributed by atoms with E-state index in [-0.39, 0.29) is 19.5 Å². The third kappa shape index (κ3) is 4.30. The van der Waals surface area contributed by atoms with Crippen LogP contribution in [0.4, 0.5) is 4.79 Å². The predicted molar refractivity (Wildman–Crippen MR) is 76.2 cm³/mol. The Hall–Kier alpha value is -2.38. The van der Waals surface area contributed by atoms with E-state index in [1.54, 1.807) is 0 Å². The first-order chi connectivity index (χ1) is 9.90. The van der Waals surface area contributed by atoms with Crippen molar-refractivity contribution < 1.29 is 14.7 Å². The smallest absolute Gasteiger partial charge is 0.348 e. The van der Waals surface area contributed by atoms with Crippen molar-refractivity contribution in [2.45, 2.75) is 39.7 Å². The topological polar surface area (TPSA) is 127 Å². The summed E-state index contributed by atoms with van der Waals surface area (Å²) in [4.78, 5) is 37.7. The molecule has 0 radical (unpaired) electrons. The average Bonchev–Trinajstić information content (AvgIpc) is 2.40. The van der Waals surface area contributed by atoms with E-state index in [0.717, 1.165) is 0 Å². The first kappa shape index (κ1) is 16.7. The van der Waals surface area contributed by atoms with Crippen LogP contribution in [0.25, 0.3) is 0 Å². The molecular formula is C13H20N4O4. The molecule has 0 aliphatic heterocycles. The number of carbonyl (C=O) groups is 2. The molecule has 0 fully saturated rings. The summed E-state index contributed by atoms with van der Waals surface area (Å²) >= 11 is 0. The lowest BCUT2D eigenvalue weighted by molar-refractivity contribution is -0.136. The second kappa shape index (κ2) is 7.41. The van der Waals surface area contributed by atoms with Crippen molar-refractivity contribution >= 4 is 12.0 Å². The van der Waals surface area contributed by atoms with Gasteiger partial charge in [0.2, 0.25) is 0 Å². The third-order valence-corrected chi connectivity index (χ3v) is 3.12. The Kier molecular flexibility index (Phi) is 5.89. The van der Waals surface area contributed by atoms with E-state index in [2.05, 4.69) is 10.3 Å². The van der Waals surface area contributed by atoms with Gasteiger partial charge in [-0.1, -0.05) is 13.8 Å². The normalized spacial score (nSPS) is 10.4. The number of nitrogens with one attached hydrogen (secondary N) is 1. The molecular weight excluding hydrogens is 276 g/mol. The van der Waals surface area contributed by atoms with Crippen molar-refractivity contribution in [3.63, 3.8) is 0 Å². The molecule has 4 N–H and O–H groups in total. The molecule has 116 valence electrons. The molecule has 1 heterocycles. The minimum atomic E-state index is -0.971. The van der Waals surface area contributed by atoms with Crippen LogP contribution in [0.1, 0.15) is 30.8 Å². The molecule has 21 heavy (non-hydrogen) atoms. The highest BCUT2D eigenvalue weighted by atomic mass is 16.4. The highest BCUT2D eigenvalue weighted by molar-refractivity contribution is 5.71. The van der Waals surface area contributed by atoms with E-state index < -0.39 is 17.7 Å². The van der Waals surface area contributed by atoms with Crippen LogP contribution in [0.5, 0.6) is 0 Å². The molecule has 2 amide bonds. The Morgan fingerprint density at radius 2 is 2.00 bits per heavy atom. The van der Waals surface area contributed by atoms with Gasteiger partial charge in [-0.15, -0.1) is 0 Å². The molecule has 1 aromatic heterocycles. The van der Waals surface area contributed by atoms with Crippen LogP contribution in [0.15, 0.2) is 4.79 Å². The van der Waals surface area contributed by atoms with Crippen LogP contribution in [0, 0.1) is 0 Å². The molecule has 0 bridgehead atoms. The van der Waals surface area contributed by atoms with Crippen molar-refractivity contribution in [1.82, 2.24) is 14.9 Å². The number of amides is 2. The minimum absolute atomic E-state index is 0.178. The second-order valence-corrected chi connectivity index (χ2v) is 4.49. The van der Waals surface area contributed by atoms with E-state index in [1.807, 2.05) is 13.8 Å². The number of urea groups is 1. The fraction of sp³-hybridized carbons (Fsp3) is 0.538. The van der Waals surface area contributed by atoms with Gasteiger partial charge in [-0.3, -0.25) is 9.36 Å². The molecule has 0 spiro atoms. The number of carboxylic acids is 1. The summed E-state index contributed by atoms with van der Waals surface area (Å²) < 4.78 is 1.40. The first-order valence-electron chi connectivity index (χ1n) is 6.77. The van der Waals surface area contributed by atoms with Gasteiger partial charge in [0.05, 0.1) is 12.1 Å². The van der Waals surface area contributed by atoms with Gasteiger partial charge >= 0.3 is 17.7 Å². The summed E-state index contributed by atoms with van der Waals surface area (Å²) in [6.07, 6.45) is 0.818. The molecule has 8 nitrogen and oxygen atoms in total. The van der Waals surface area contributed by atoms with E-state index in [9.17, 15) is 14.4 Å². The Balaban J connectivity index is 3.25. The van der Waals surface area contributed by atoms with Crippen molar-refractivity contribution in [3.05, 3.63) is 27.4 Å². The van der Waals surface area contributed by atoms with Gasteiger partial charge in [-0.25, -0.2) is 9.59 Å². The number of carbonyl (C=O) groups excluding carboxylic acids is 1. The zero-order valence-electron chi connectivity index (χ0n) is 12.2. The molecule has 0 atom stereocenters. The van der Waals surface area contributed by atoms with Crippen molar-refractivity contribution in [3.8, 4) is 0 Å². The Morgan fingerprint density at radius 1 is 1.33 bits per heavy atom. The van der Waals surface area contributed by atoms with E-state index in [4.69, 9.17) is 10.8 Å². The first-order valence-corrected chi connectivity index (χ1v) is 6.77. The van der Waals surface area contributed by atoms with Crippen LogP contribution in [-0.2, 0) is 30.6 Å². The summed E-state index contributed by atoms with van der Waals surface area (Å²) in [6.45, 7) is 4.06. The molecule has 0 saturated carbocycles. The number of aryl methyl sites for hydroxylation is 1. The summed E-state index contributed by atoms with van der Waals surface area (Å²) in [5, 5.41) is 11.4. The summed E-state index contributed by atoms with van der Waals surface area (Å²) in [7, 11) is 0. The van der Waals surface area contributed by atoms with Gasteiger partial charge < -0.3 is 16.2 Å². The number of carboxylic acid groups (broad SMARTS) is 1. The molecule has 0 aromatic carbocycles. The highest BCUT2D eigenvalue weighted by Gasteiger charge is 2.17. The lowest BCUT2D eigenvalue weighted by Gasteiger charge is -2.17. The number of primary amides is 1. The predicted octanol–water partition coefficient (Wildman–Crippen LogP) is -0.336. The maximum atomic E-state index is 12.1. The second-order valence-electron chi connectivity index (χ2n) is 4.49. The van der Waals surface area contributed by atoms with Crippen LogP contribution < -0.4 is 16.7 Å². The lowest BCUT2D eigenvalue weighted by Crippen LogP contribution is -2.37. The fourth-order valence-corrected chi connectivity index (χ4v) is 2.26. The minimum Gasteiger partial charge on any atom is -0.481 e. The third-order valence-electron chi connectivity index (χ3n) is 3.12. The summed E-state index contributed by atoms with van der Waals surface area (Å²) in [6, 6.07) is -0.676. The van der Waals surface area contributed by atoms with Crippen LogP contribution >= 0.6 is 0 Å². The van der Waals surface area contributed by atoms with Crippen LogP contribution in [-0.4, -0.2) is 33.2 Å². The van der Waals surface area contributed by atoms with Crippen molar-refractivity contribution in [2.75, 3.05) is 6.54 Å². The number of nitrogens with two attached hydrogens (primary N) is 1. The number of hydrogen-bond donors (Lipinski definition) is 3. The van der Waals surface area contributed by atoms with Gasteiger partial charge in [-0.05, 0) is 12.8 Å². The average molecular weight is 296 g/mol. The SMILES string of the molecule is CCc1nc(=O)n(CCNC(N)=O)c(CC)c1CC(=O)O. The molecule has 0 aliphatic carbocycles. The molecule has 0 saturated heterocycles. The maximum absolute atomic E-state index is 12.1. The Labute approximate surface area is 122 Å². The number of aliphatic carboxylic acids is 1. The summed E-state index contributed by atoms with van der Waals surface area (Å²) in [5.74, 6) is -0.971. The van der Waals surface area contributed by atoms with E-state index in [1.165, 1.54) is 4.57 Å². The van der Waals surface area contributed by atoms with Gasteiger partial charge in [-0.2, -0.15) is 4.98 Å².